The van der Waals surface area contributed by atoms with Crippen molar-refractivity contribution in [2.75, 3.05) is 4.72 Å². The second-order valence-electron chi connectivity index (χ2n) is 4.43. The van der Waals surface area contributed by atoms with Crippen LogP contribution in [0.25, 0.3) is 10.9 Å². The number of benzene rings is 1. The van der Waals surface area contributed by atoms with Crippen LogP contribution in [0.15, 0.2) is 52.2 Å². The maximum atomic E-state index is 12.4. The number of anilines is 1. The molecule has 108 valence electrons. The zero-order valence-electron chi connectivity index (χ0n) is 11.0. The van der Waals surface area contributed by atoms with Crippen LogP contribution < -0.4 is 4.72 Å². The van der Waals surface area contributed by atoms with E-state index < -0.39 is 10.0 Å². The molecule has 0 aliphatic carbocycles. The molecule has 3 rings (SSSR count). The molecule has 0 saturated heterocycles. The average Bonchev–Trinajstić information content (AvgIpc) is 2.85. The van der Waals surface area contributed by atoms with Crippen LogP contribution in [0, 0.1) is 0 Å². The summed E-state index contributed by atoms with van der Waals surface area (Å²) >= 11 is 3.35. The summed E-state index contributed by atoms with van der Waals surface area (Å²) < 4.78 is 29.5. The number of para-hydroxylation sites is 1. The van der Waals surface area contributed by atoms with Crippen molar-refractivity contribution in [3.63, 3.8) is 0 Å². The van der Waals surface area contributed by atoms with Crippen molar-refractivity contribution in [1.29, 1.82) is 0 Å². The zero-order valence-corrected chi connectivity index (χ0v) is 13.4. The Balaban J connectivity index is 2.08. The highest BCUT2D eigenvalue weighted by Crippen LogP contribution is 2.25. The lowest BCUT2D eigenvalue weighted by molar-refractivity contribution is 0.582. The summed E-state index contributed by atoms with van der Waals surface area (Å²) in [5.41, 5.74) is 1.02. The van der Waals surface area contributed by atoms with Crippen LogP contribution in [0.2, 0.25) is 0 Å². The number of aromatic nitrogens is 3. The molecular formula is C13H11BrN4O2S. The predicted molar refractivity (Wildman–Crippen MR) is 83.5 cm³/mol. The smallest absolute Gasteiger partial charge is 0.276 e. The molecule has 21 heavy (non-hydrogen) atoms. The number of pyridine rings is 1. The Morgan fingerprint density at radius 2 is 2.10 bits per heavy atom. The fourth-order valence-electron chi connectivity index (χ4n) is 2.04. The largest absolute Gasteiger partial charge is 0.279 e. The van der Waals surface area contributed by atoms with Crippen LogP contribution >= 0.6 is 15.9 Å². The van der Waals surface area contributed by atoms with Gasteiger partial charge >= 0.3 is 0 Å². The van der Waals surface area contributed by atoms with Gasteiger partial charge in [-0.2, -0.15) is 13.5 Å². The number of halogens is 1. The molecule has 0 saturated carbocycles. The molecule has 0 amide bonds. The number of nitrogens with zero attached hydrogens (tertiary/aromatic N) is 3. The van der Waals surface area contributed by atoms with Crippen LogP contribution in [-0.4, -0.2) is 23.2 Å². The predicted octanol–water partition coefficient (Wildman–Crippen LogP) is 2.53. The standard InChI is InChI=1S/C13H11BrN4O2S/c1-18-12(5-6-16-18)21(19,20)17-11-4-2-3-9-7-10(14)8-15-13(9)11/h2-8,17H,1H3. The van der Waals surface area contributed by atoms with Crippen LogP contribution in [-0.2, 0) is 17.1 Å². The molecule has 0 radical (unpaired) electrons. The molecule has 2 heterocycles. The summed E-state index contributed by atoms with van der Waals surface area (Å²) in [5, 5.41) is 4.81. The minimum absolute atomic E-state index is 0.0941. The Bertz CT molecular complexity index is 921. The Hall–Kier alpha value is -1.93. The van der Waals surface area contributed by atoms with Crippen molar-refractivity contribution >= 4 is 42.5 Å². The van der Waals surface area contributed by atoms with E-state index in [2.05, 4.69) is 30.7 Å². The molecule has 6 nitrogen and oxygen atoms in total. The Morgan fingerprint density at radius 3 is 2.81 bits per heavy atom. The molecule has 8 heteroatoms. The second-order valence-corrected chi connectivity index (χ2v) is 6.97. The number of nitrogens with one attached hydrogen (secondary N) is 1. The van der Waals surface area contributed by atoms with Crippen LogP contribution in [0.3, 0.4) is 0 Å². The van der Waals surface area contributed by atoms with Gasteiger partial charge in [0, 0.05) is 23.1 Å². The molecule has 0 atom stereocenters. The van der Waals surface area contributed by atoms with Gasteiger partial charge in [0.2, 0.25) is 0 Å². The lowest BCUT2D eigenvalue weighted by atomic mass is 10.2. The first kappa shape index (κ1) is 14.0. The molecule has 0 spiro atoms. The fourth-order valence-corrected chi connectivity index (χ4v) is 3.58. The van der Waals surface area contributed by atoms with Gasteiger partial charge in [0.15, 0.2) is 5.03 Å². The summed E-state index contributed by atoms with van der Waals surface area (Å²) in [7, 11) is -2.13. The maximum absolute atomic E-state index is 12.4. The summed E-state index contributed by atoms with van der Waals surface area (Å²) in [6.07, 6.45) is 3.07. The minimum atomic E-state index is -3.70. The molecule has 0 unspecified atom stereocenters. The van der Waals surface area contributed by atoms with Gasteiger partial charge in [0.1, 0.15) is 0 Å². The molecule has 2 aromatic heterocycles. The summed E-state index contributed by atoms with van der Waals surface area (Å²) in [6, 6.07) is 8.64. The number of fused-ring (bicyclic) bond motifs is 1. The molecule has 1 aromatic carbocycles. The van der Waals surface area contributed by atoms with Crippen molar-refractivity contribution in [2.24, 2.45) is 7.05 Å². The van der Waals surface area contributed by atoms with Gasteiger partial charge in [0.05, 0.1) is 17.4 Å². The lowest BCUT2D eigenvalue weighted by Crippen LogP contribution is -2.17. The molecule has 0 fully saturated rings. The third kappa shape index (κ3) is 2.64. The number of hydrogen-bond acceptors (Lipinski definition) is 4. The summed E-state index contributed by atoms with van der Waals surface area (Å²) in [6.45, 7) is 0. The van der Waals surface area contributed by atoms with E-state index in [0.29, 0.717) is 11.2 Å². The van der Waals surface area contributed by atoms with Crippen LogP contribution in [0.1, 0.15) is 0 Å². The Morgan fingerprint density at radius 1 is 1.29 bits per heavy atom. The maximum Gasteiger partial charge on any atom is 0.279 e. The number of rotatable bonds is 3. The average molecular weight is 367 g/mol. The fraction of sp³-hybridized carbons (Fsp3) is 0.0769. The highest BCUT2D eigenvalue weighted by molar-refractivity contribution is 9.10. The normalized spacial score (nSPS) is 11.7. The Labute approximate surface area is 130 Å². The quantitative estimate of drug-likeness (QED) is 0.772. The van der Waals surface area contributed by atoms with E-state index in [-0.39, 0.29) is 5.03 Å². The van der Waals surface area contributed by atoms with E-state index in [1.54, 1.807) is 25.4 Å². The van der Waals surface area contributed by atoms with E-state index in [0.717, 1.165) is 9.86 Å². The van der Waals surface area contributed by atoms with E-state index in [4.69, 9.17) is 0 Å². The van der Waals surface area contributed by atoms with E-state index in [9.17, 15) is 8.42 Å². The first-order valence-corrected chi connectivity index (χ1v) is 8.30. The first-order valence-electron chi connectivity index (χ1n) is 6.02. The van der Waals surface area contributed by atoms with Crippen molar-refractivity contribution in [3.8, 4) is 0 Å². The SMILES string of the molecule is Cn1nccc1S(=O)(=O)Nc1cccc2cc(Br)cnc12. The van der Waals surface area contributed by atoms with Crippen molar-refractivity contribution < 1.29 is 8.42 Å². The van der Waals surface area contributed by atoms with Gasteiger partial charge in [-0.25, -0.2) is 0 Å². The topological polar surface area (TPSA) is 76.9 Å². The zero-order chi connectivity index (χ0) is 15.0. The molecule has 3 aromatic rings. The van der Waals surface area contributed by atoms with Gasteiger partial charge in [-0.15, -0.1) is 0 Å². The van der Waals surface area contributed by atoms with Crippen LogP contribution in [0.4, 0.5) is 5.69 Å². The van der Waals surface area contributed by atoms with Gasteiger partial charge in [0.25, 0.3) is 10.0 Å². The molecule has 0 aliphatic heterocycles. The number of hydrogen-bond donors (Lipinski definition) is 1. The molecule has 0 bridgehead atoms. The van der Waals surface area contributed by atoms with E-state index >= 15 is 0 Å². The van der Waals surface area contributed by atoms with Crippen molar-refractivity contribution in [2.45, 2.75) is 5.03 Å². The molecular weight excluding hydrogens is 356 g/mol. The van der Waals surface area contributed by atoms with Crippen molar-refractivity contribution in [1.82, 2.24) is 14.8 Å². The summed E-state index contributed by atoms with van der Waals surface area (Å²) in [4.78, 5) is 4.27. The highest BCUT2D eigenvalue weighted by atomic mass is 79.9. The monoisotopic (exact) mass is 366 g/mol. The molecule has 1 N–H and O–H groups in total. The van der Waals surface area contributed by atoms with Crippen LogP contribution in [0.5, 0.6) is 0 Å². The molecule has 0 aliphatic rings. The second kappa shape index (κ2) is 5.12. The van der Waals surface area contributed by atoms with Crippen molar-refractivity contribution in [3.05, 3.63) is 47.2 Å². The number of sulfonamides is 1. The number of aryl methyl sites for hydroxylation is 1. The third-order valence-electron chi connectivity index (χ3n) is 2.97. The van der Waals surface area contributed by atoms with E-state index in [1.807, 2.05) is 12.1 Å². The highest BCUT2D eigenvalue weighted by Gasteiger charge is 2.19. The van der Waals surface area contributed by atoms with Gasteiger partial charge in [-0.05, 0) is 34.1 Å². The third-order valence-corrected chi connectivity index (χ3v) is 4.85. The summed E-state index contributed by atoms with van der Waals surface area (Å²) in [5.74, 6) is 0. The van der Waals surface area contributed by atoms with Gasteiger partial charge in [-0.3, -0.25) is 14.4 Å². The van der Waals surface area contributed by atoms with E-state index in [1.165, 1.54) is 16.9 Å². The Kier molecular flexibility index (Phi) is 3.42. The minimum Gasteiger partial charge on any atom is -0.276 e. The first-order chi connectivity index (χ1) is 9.97. The van der Waals surface area contributed by atoms with Gasteiger partial charge < -0.3 is 0 Å². The lowest BCUT2D eigenvalue weighted by Gasteiger charge is -2.10. The van der Waals surface area contributed by atoms with Gasteiger partial charge in [-0.1, -0.05) is 12.1 Å².